The normalized spacial score (nSPS) is 20.6. The van der Waals surface area contributed by atoms with Gasteiger partial charge in [-0.3, -0.25) is 14.7 Å². The summed E-state index contributed by atoms with van der Waals surface area (Å²) in [7, 11) is 3.85. The van der Waals surface area contributed by atoms with Gasteiger partial charge in [0, 0.05) is 32.0 Å². The molecule has 5 heteroatoms. The van der Waals surface area contributed by atoms with Gasteiger partial charge < -0.3 is 4.90 Å². The van der Waals surface area contributed by atoms with E-state index >= 15 is 0 Å². The molecular weight excluding hydrogens is 317 g/mol. The summed E-state index contributed by atoms with van der Waals surface area (Å²) in [5, 5.41) is 0. The van der Waals surface area contributed by atoms with Crippen molar-refractivity contribution in [3.05, 3.63) is 65.2 Å². The second-order valence-corrected chi connectivity index (χ2v) is 6.88. The first-order valence-corrected chi connectivity index (χ1v) is 8.59. The molecule has 0 bridgehead atoms. The minimum absolute atomic E-state index is 0.145. The number of rotatable bonds is 4. The Morgan fingerprint density at radius 3 is 2.88 bits per heavy atom. The molecule has 4 nitrogen and oxygen atoms in total. The topological polar surface area (TPSA) is 36.4 Å². The molecule has 2 heterocycles. The zero-order valence-electron chi connectivity index (χ0n) is 14.9. The van der Waals surface area contributed by atoms with Crippen molar-refractivity contribution in [3.63, 3.8) is 0 Å². The number of carbonyl (C=O) groups is 1. The van der Waals surface area contributed by atoms with Crippen LogP contribution in [-0.2, 0) is 0 Å². The van der Waals surface area contributed by atoms with Gasteiger partial charge in [-0.1, -0.05) is 18.2 Å². The lowest BCUT2D eigenvalue weighted by Gasteiger charge is -2.28. The zero-order valence-corrected chi connectivity index (χ0v) is 14.9. The molecule has 0 saturated carbocycles. The Hall–Kier alpha value is -2.27. The molecule has 0 aliphatic carbocycles. The number of halogens is 1. The largest absolute Gasteiger partial charge is 0.341 e. The van der Waals surface area contributed by atoms with Gasteiger partial charge in [0.05, 0.1) is 5.56 Å². The van der Waals surface area contributed by atoms with Crippen molar-refractivity contribution in [2.45, 2.75) is 19.4 Å². The van der Waals surface area contributed by atoms with E-state index in [9.17, 15) is 9.18 Å². The third-order valence-corrected chi connectivity index (χ3v) is 5.08. The van der Waals surface area contributed by atoms with Crippen molar-refractivity contribution in [3.8, 4) is 0 Å². The van der Waals surface area contributed by atoms with Crippen molar-refractivity contribution in [2.75, 3.05) is 27.2 Å². The van der Waals surface area contributed by atoms with Gasteiger partial charge in [0.25, 0.3) is 5.91 Å². The lowest BCUT2D eigenvalue weighted by Crippen LogP contribution is -2.34. The molecular formula is C20H24FN3O. The number of aryl methyl sites for hydroxylation is 1. The summed E-state index contributed by atoms with van der Waals surface area (Å²) in [4.78, 5) is 20.9. The second-order valence-electron chi connectivity index (χ2n) is 6.88. The molecule has 1 fully saturated rings. The number of hydrogen-bond donors (Lipinski definition) is 0. The smallest absolute Gasteiger partial charge is 0.256 e. The maximum absolute atomic E-state index is 14.3. The van der Waals surface area contributed by atoms with Gasteiger partial charge in [0.15, 0.2) is 0 Å². The first-order chi connectivity index (χ1) is 12.0. The fourth-order valence-corrected chi connectivity index (χ4v) is 3.75. The molecule has 1 saturated heterocycles. The quantitative estimate of drug-likeness (QED) is 0.856. The lowest BCUT2D eigenvalue weighted by atomic mass is 9.94. The van der Waals surface area contributed by atoms with E-state index in [1.807, 2.05) is 12.3 Å². The Morgan fingerprint density at radius 2 is 2.16 bits per heavy atom. The Morgan fingerprint density at radius 1 is 1.36 bits per heavy atom. The van der Waals surface area contributed by atoms with Crippen molar-refractivity contribution in [1.29, 1.82) is 0 Å². The van der Waals surface area contributed by atoms with Crippen molar-refractivity contribution < 1.29 is 9.18 Å². The molecule has 1 amide bonds. The van der Waals surface area contributed by atoms with Crippen LogP contribution in [-0.4, -0.2) is 47.9 Å². The number of benzene rings is 1. The van der Waals surface area contributed by atoms with Gasteiger partial charge in [-0.2, -0.15) is 0 Å². The predicted octanol–water partition coefficient (Wildman–Crippen LogP) is 3.29. The van der Waals surface area contributed by atoms with Crippen LogP contribution in [0.15, 0.2) is 42.7 Å². The Labute approximate surface area is 148 Å². The maximum Gasteiger partial charge on any atom is 0.256 e. The maximum atomic E-state index is 14.3. The number of likely N-dealkylation sites (tertiary alicyclic amines) is 1. The number of amides is 1. The Bertz CT molecular complexity index is 750. The summed E-state index contributed by atoms with van der Waals surface area (Å²) in [6, 6.07) is 9.20. The average molecular weight is 341 g/mol. The van der Waals surface area contributed by atoms with E-state index in [0.717, 1.165) is 18.5 Å². The molecule has 1 aliphatic rings. The molecule has 3 rings (SSSR count). The van der Waals surface area contributed by atoms with Gasteiger partial charge in [0.1, 0.15) is 5.82 Å². The van der Waals surface area contributed by atoms with Crippen molar-refractivity contribution in [2.24, 2.45) is 5.92 Å². The average Bonchev–Trinajstić information content (AvgIpc) is 2.97. The molecule has 0 unspecified atom stereocenters. The monoisotopic (exact) mass is 341 g/mol. The van der Waals surface area contributed by atoms with Crippen LogP contribution in [0.25, 0.3) is 0 Å². The fourth-order valence-electron chi connectivity index (χ4n) is 3.75. The third kappa shape index (κ3) is 3.56. The molecule has 1 aromatic carbocycles. The first-order valence-electron chi connectivity index (χ1n) is 8.59. The summed E-state index contributed by atoms with van der Waals surface area (Å²) in [5.41, 5.74) is 1.80. The van der Waals surface area contributed by atoms with Crippen LogP contribution in [0.5, 0.6) is 0 Å². The molecule has 0 radical (unpaired) electrons. The number of pyridine rings is 1. The summed E-state index contributed by atoms with van der Waals surface area (Å²) in [6.07, 6.45) is 4.66. The first kappa shape index (κ1) is 17.5. The van der Waals surface area contributed by atoms with E-state index in [0.29, 0.717) is 18.0 Å². The van der Waals surface area contributed by atoms with E-state index < -0.39 is 5.82 Å². The van der Waals surface area contributed by atoms with Crippen molar-refractivity contribution >= 4 is 5.91 Å². The van der Waals surface area contributed by atoms with E-state index in [1.165, 1.54) is 0 Å². The second kappa shape index (κ2) is 7.31. The van der Waals surface area contributed by atoms with Crippen LogP contribution in [0.3, 0.4) is 0 Å². The minimum Gasteiger partial charge on any atom is -0.341 e. The highest BCUT2D eigenvalue weighted by atomic mass is 19.1. The Kier molecular flexibility index (Phi) is 5.13. The summed E-state index contributed by atoms with van der Waals surface area (Å²) in [6.45, 7) is 3.25. The summed E-state index contributed by atoms with van der Waals surface area (Å²) < 4.78 is 14.3. The van der Waals surface area contributed by atoms with Crippen molar-refractivity contribution in [1.82, 2.24) is 14.8 Å². The number of aromatic nitrogens is 1. The van der Waals surface area contributed by atoms with E-state index in [4.69, 9.17) is 0 Å². The Balaban J connectivity index is 1.76. The molecule has 0 N–H and O–H groups in total. The summed E-state index contributed by atoms with van der Waals surface area (Å²) >= 11 is 0. The highest BCUT2D eigenvalue weighted by Crippen LogP contribution is 2.36. The number of nitrogens with zero attached hydrogens (tertiary/aromatic N) is 3. The van der Waals surface area contributed by atoms with Gasteiger partial charge in [-0.05, 0) is 56.1 Å². The van der Waals surface area contributed by atoms with E-state index in [-0.39, 0.29) is 17.5 Å². The molecule has 0 spiro atoms. The SMILES string of the molecule is Cc1cccc(C(=O)N(C)C[C@@H]2CCN(C)[C@H]2c2cccnc2)c1F. The van der Waals surface area contributed by atoms with Gasteiger partial charge in [-0.25, -0.2) is 4.39 Å². The van der Waals surface area contributed by atoms with Crippen LogP contribution >= 0.6 is 0 Å². The molecule has 2 aromatic rings. The van der Waals surface area contributed by atoms with Gasteiger partial charge >= 0.3 is 0 Å². The minimum atomic E-state index is -0.424. The van der Waals surface area contributed by atoms with Crippen LogP contribution < -0.4 is 0 Å². The van der Waals surface area contributed by atoms with Crippen LogP contribution in [0, 0.1) is 18.7 Å². The molecule has 1 aromatic heterocycles. The predicted molar refractivity (Wildman–Crippen MR) is 95.8 cm³/mol. The zero-order chi connectivity index (χ0) is 18.0. The molecule has 25 heavy (non-hydrogen) atoms. The van der Waals surface area contributed by atoms with E-state index in [2.05, 4.69) is 23.0 Å². The third-order valence-electron chi connectivity index (χ3n) is 5.08. The fraction of sp³-hybridized carbons (Fsp3) is 0.400. The van der Waals surface area contributed by atoms with E-state index in [1.54, 1.807) is 43.3 Å². The summed E-state index contributed by atoms with van der Waals surface area (Å²) in [5.74, 6) is -0.386. The number of hydrogen-bond acceptors (Lipinski definition) is 3. The van der Waals surface area contributed by atoms with Crippen LogP contribution in [0.4, 0.5) is 4.39 Å². The highest BCUT2D eigenvalue weighted by molar-refractivity contribution is 5.94. The molecule has 132 valence electrons. The lowest BCUT2D eigenvalue weighted by molar-refractivity contribution is 0.0756. The van der Waals surface area contributed by atoms with Crippen LogP contribution in [0.2, 0.25) is 0 Å². The van der Waals surface area contributed by atoms with Crippen LogP contribution in [0.1, 0.15) is 33.9 Å². The van der Waals surface area contributed by atoms with Gasteiger partial charge in [-0.15, -0.1) is 0 Å². The molecule has 1 aliphatic heterocycles. The van der Waals surface area contributed by atoms with Gasteiger partial charge in [0.2, 0.25) is 0 Å². The highest BCUT2D eigenvalue weighted by Gasteiger charge is 2.34. The standard InChI is InChI=1S/C20H24FN3O/c1-14-6-4-8-17(18(14)21)20(25)24(3)13-16-9-11-23(2)19(16)15-7-5-10-22-12-15/h4-8,10,12,16,19H,9,11,13H2,1-3H3/t16-,19-/m0/s1. The number of carbonyl (C=O) groups excluding carboxylic acids is 1. The molecule has 2 atom stereocenters.